The van der Waals surface area contributed by atoms with Crippen molar-refractivity contribution in [2.24, 2.45) is 5.92 Å². The van der Waals surface area contributed by atoms with Gasteiger partial charge in [-0.1, -0.05) is 19.3 Å². The lowest BCUT2D eigenvalue weighted by atomic mass is 9.83. The Morgan fingerprint density at radius 2 is 2.05 bits per heavy atom. The second-order valence-electron chi connectivity index (χ2n) is 5.28. The summed E-state index contributed by atoms with van der Waals surface area (Å²) < 4.78 is 16.0. The quantitative estimate of drug-likeness (QED) is 0.744. The second-order valence-corrected chi connectivity index (χ2v) is 5.28. The summed E-state index contributed by atoms with van der Waals surface area (Å²) in [6, 6.07) is 5.40. The molecular formula is C16H24O4. The van der Waals surface area contributed by atoms with Crippen LogP contribution in [0.15, 0.2) is 18.2 Å². The molecule has 4 nitrogen and oxygen atoms in total. The van der Waals surface area contributed by atoms with Gasteiger partial charge in [0.15, 0.2) is 0 Å². The van der Waals surface area contributed by atoms with E-state index in [9.17, 15) is 5.11 Å². The largest absolute Gasteiger partial charge is 0.497 e. The van der Waals surface area contributed by atoms with Crippen LogP contribution in [-0.4, -0.2) is 32.5 Å². The highest BCUT2D eigenvalue weighted by molar-refractivity contribution is 5.41. The average molecular weight is 280 g/mol. The third-order valence-electron chi connectivity index (χ3n) is 3.97. The van der Waals surface area contributed by atoms with Crippen molar-refractivity contribution in [2.75, 3.05) is 27.4 Å². The van der Waals surface area contributed by atoms with Gasteiger partial charge in [-0.05, 0) is 30.5 Å². The van der Waals surface area contributed by atoms with Crippen LogP contribution in [0.2, 0.25) is 0 Å². The third kappa shape index (κ3) is 3.87. The van der Waals surface area contributed by atoms with Gasteiger partial charge in [-0.3, -0.25) is 0 Å². The first-order chi connectivity index (χ1) is 9.74. The molecule has 1 N–H and O–H groups in total. The summed E-state index contributed by atoms with van der Waals surface area (Å²) in [6.07, 6.45) is 4.42. The van der Waals surface area contributed by atoms with E-state index in [0.29, 0.717) is 23.7 Å². The van der Waals surface area contributed by atoms with E-state index in [-0.39, 0.29) is 6.61 Å². The van der Waals surface area contributed by atoms with Gasteiger partial charge in [0.05, 0.1) is 20.8 Å². The summed E-state index contributed by atoms with van der Waals surface area (Å²) in [5, 5.41) is 10.2. The van der Waals surface area contributed by atoms with Crippen LogP contribution in [0.3, 0.4) is 0 Å². The van der Waals surface area contributed by atoms with Gasteiger partial charge in [-0.25, -0.2) is 0 Å². The second kappa shape index (κ2) is 7.50. The summed E-state index contributed by atoms with van der Waals surface area (Å²) in [5.41, 5.74) is 0.704. The first-order valence-corrected chi connectivity index (χ1v) is 7.22. The number of hydrogen-bond acceptors (Lipinski definition) is 4. The van der Waals surface area contributed by atoms with Crippen LogP contribution in [0.5, 0.6) is 11.5 Å². The van der Waals surface area contributed by atoms with E-state index >= 15 is 0 Å². The molecule has 1 aromatic rings. The van der Waals surface area contributed by atoms with E-state index in [1.165, 1.54) is 19.3 Å². The van der Waals surface area contributed by atoms with E-state index in [0.717, 1.165) is 12.3 Å². The van der Waals surface area contributed by atoms with Crippen molar-refractivity contribution >= 4 is 0 Å². The Kier molecular flexibility index (Phi) is 5.68. The summed E-state index contributed by atoms with van der Waals surface area (Å²) in [7, 11) is 3.20. The number of aliphatic hydroxyl groups is 1. The molecular weight excluding hydrogens is 256 g/mol. The molecule has 1 aliphatic rings. The van der Waals surface area contributed by atoms with Crippen molar-refractivity contribution < 1.29 is 19.3 Å². The maximum atomic E-state index is 10.2. The van der Waals surface area contributed by atoms with E-state index < -0.39 is 6.10 Å². The number of benzene rings is 1. The van der Waals surface area contributed by atoms with Gasteiger partial charge in [0.25, 0.3) is 0 Å². The van der Waals surface area contributed by atoms with Crippen LogP contribution in [0.4, 0.5) is 0 Å². The molecule has 0 bridgehead atoms. The molecule has 1 saturated carbocycles. The molecule has 0 aliphatic heterocycles. The van der Waals surface area contributed by atoms with Gasteiger partial charge in [0.2, 0.25) is 0 Å². The minimum Gasteiger partial charge on any atom is -0.497 e. The molecule has 20 heavy (non-hydrogen) atoms. The van der Waals surface area contributed by atoms with Crippen LogP contribution in [0.1, 0.15) is 37.4 Å². The van der Waals surface area contributed by atoms with Crippen molar-refractivity contribution in [1.82, 2.24) is 0 Å². The maximum absolute atomic E-state index is 10.2. The van der Waals surface area contributed by atoms with Crippen molar-refractivity contribution in [1.29, 1.82) is 0 Å². The molecule has 2 rings (SSSR count). The van der Waals surface area contributed by atoms with Crippen LogP contribution in [-0.2, 0) is 4.74 Å². The van der Waals surface area contributed by atoms with Crippen molar-refractivity contribution in [3.8, 4) is 11.5 Å². The minimum absolute atomic E-state index is 0.288. The van der Waals surface area contributed by atoms with Gasteiger partial charge in [-0.2, -0.15) is 0 Å². The predicted molar refractivity (Wildman–Crippen MR) is 77.3 cm³/mol. The van der Waals surface area contributed by atoms with Gasteiger partial charge < -0.3 is 19.3 Å². The summed E-state index contributed by atoms with van der Waals surface area (Å²) in [5.74, 6) is 2.19. The van der Waals surface area contributed by atoms with Gasteiger partial charge >= 0.3 is 0 Å². The topological polar surface area (TPSA) is 47.9 Å². The highest BCUT2D eigenvalue weighted by Gasteiger charge is 2.18. The Morgan fingerprint density at radius 3 is 2.65 bits per heavy atom. The third-order valence-corrected chi connectivity index (χ3v) is 3.97. The molecule has 1 aliphatic carbocycles. The molecule has 0 aromatic heterocycles. The zero-order chi connectivity index (χ0) is 14.4. The SMILES string of the molecule is COc1ccc(OC)c(C(O)COCCC2CCC2)c1. The monoisotopic (exact) mass is 280 g/mol. The summed E-state index contributed by atoms with van der Waals surface area (Å²) >= 11 is 0. The molecule has 1 aromatic carbocycles. The lowest BCUT2D eigenvalue weighted by molar-refractivity contribution is 0.0255. The fourth-order valence-electron chi connectivity index (χ4n) is 2.42. The fraction of sp³-hybridized carbons (Fsp3) is 0.625. The van der Waals surface area contributed by atoms with Crippen molar-refractivity contribution in [3.63, 3.8) is 0 Å². The summed E-state index contributed by atoms with van der Waals surface area (Å²) in [4.78, 5) is 0. The number of hydrogen-bond donors (Lipinski definition) is 1. The first-order valence-electron chi connectivity index (χ1n) is 7.22. The zero-order valence-corrected chi connectivity index (χ0v) is 12.3. The molecule has 1 atom stereocenters. The normalized spacial score (nSPS) is 16.6. The summed E-state index contributed by atoms with van der Waals surface area (Å²) in [6.45, 7) is 1.00. The van der Waals surface area contributed by atoms with Crippen molar-refractivity contribution in [2.45, 2.75) is 31.8 Å². The Labute approximate surface area is 120 Å². The Bertz CT molecular complexity index is 415. The number of ether oxygens (including phenoxy) is 3. The van der Waals surface area contributed by atoms with Crippen LogP contribution in [0.25, 0.3) is 0 Å². The molecule has 112 valence electrons. The van der Waals surface area contributed by atoms with Gasteiger partial charge in [0.1, 0.15) is 17.6 Å². The standard InChI is InChI=1S/C16H24O4/c1-18-13-6-7-16(19-2)14(10-13)15(17)11-20-9-8-12-4-3-5-12/h6-7,10,12,15,17H,3-5,8-9,11H2,1-2H3. The maximum Gasteiger partial charge on any atom is 0.125 e. The Balaban J connectivity index is 1.84. The molecule has 1 unspecified atom stereocenters. The van der Waals surface area contributed by atoms with E-state index in [2.05, 4.69) is 0 Å². The molecule has 0 heterocycles. The van der Waals surface area contributed by atoms with E-state index in [4.69, 9.17) is 14.2 Å². The number of aliphatic hydroxyl groups excluding tert-OH is 1. The molecule has 0 saturated heterocycles. The highest BCUT2D eigenvalue weighted by atomic mass is 16.5. The predicted octanol–water partition coefficient (Wildman–Crippen LogP) is 2.94. The van der Waals surface area contributed by atoms with E-state index in [1.807, 2.05) is 6.07 Å². The fourth-order valence-corrected chi connectivity index (χ4v) is 2.42. The zero-order valence-electron chi connectivity index (χ0n) is 12.3. The van der Waals surface area contributed by atoms with Gasteiger partial charge in [0, 0.05) is 12.2 Å². The molecule has 0 amide bonds. The Morgan fingerprint density at radius 1 is 1.25 bits per heavy atom. The average Bonchev–Trinajstić information content (AvgIpc) is 2.44. The van der Waals surface area contributed by atoms with Gasteiger partial charge in [-0.15, -0.1) is 0 Å². The van der Waals surface area contributed by atoms with E-state index in [1.54, 1.807) is 26.4 Å². The lowest BCUT2D eigenvalue weighted by Gasteiger charge is -2.25. The first kappa shape index (κ1) is 15.1. The van der Waals surface area contributed by atoms with Crippen LogP contribution < -0.4 is 9.47 Å². The highest BCUT2D eigenvalue weighted by Crippen LogP contribution is 2.31. The smallest absolute Gasteiger partial charge is 0.125 e. The van der Waals surface area contributed by atoms with Crippen molar-refractivity contribution in [3.05, 3.63) is 23.8 Å². The minimum atomic E-state index is -0.693. The lowest BCUT2D eigenvalue weighted by Crippen LogP contribution is -2.15. The molecule has 4 heteroatoms. The molecule has 1 fully saturated rings. The Hall–Kier alpha value is -1.26. The molecule has 0 spiro atoms. The number of rotatable bonds is 8. The number of methoxy groups -OCH3 is 2. The van der Waals surface area contributed by atoms with Crippen LogP contribution in [0, 0.1) is 5.92 Å². The van der Waals surface area contributed by atoms with Crippen LogP contribution >= 0.6 is 0 Å². The molecule has 0 radical (unpaired) electrons.